The molecule has 0 saturated carbocycles. The topological polar surface area (TPSA) is 85.0 Å². The molecule has 0 aromatic carbocycles. The van der Waals surface area contributed by atoms with Gasteiger partial charge in [-0.1, -0.05) is 0 Å². The van der Waals surface area contributed by atoms with Crippen LogP contribution in [0.15, 0.2) is 0 Å². The molecule has 2 unspecified atom stereocenters. The van der Waals surface area contributed by atoms with Crippen LogP contribution in [0.3, 0.4) is 0 Å². The van der Waals surface area contributed by atoms with E-state index in [-0.39, 0.29) is 12.6 Å². The number of hydrogen-bond donors (Lipinski definition) is 4. The Bertz CT molecular complexity index is 421. The van der Waals surface area contributed by atoms with Gasteiger partial charge in [-0.25, -0.2) is 0 Å². The van der Waals surface area contributed by atoms with Crippen LogP contribution in [0.2, 0.25) is 0 Å². The smallest absolute Gasteiger partial charge is 0.166 e. The average molecular weight is 449 g/mol. The second-order valence-electron chi connectivity index (χ2n) is 7.05. The van der Waals surface area contributed by atoms with Crippen molar-refractivity contribution in [3.63, 3.8) is 0 Å². The fourth-order valence-electron chi connectivity index (χ4n) is 3.01. The number of ether oxygens (including phenoxy) is 4. The first-order valence-electron chi connectivity index (χ1n) is 10.7. The van der Waals surface area contributed by atoms with Crippen LogP contribution in [0.25, 0.3) is 0 Å². The summed E-state index contributed by atoms with van der Waals surface area (Å²) in [6, 6.07) is 0. The largest absolute Gasteiger partial charge is 0.363 e. The summed E-state index contributed by atoms with van der Waals surface area (Å²) >= 11 is 10.5. The van der Waals surface area contributed by atoms with Gasteiger partial charge in [0, 0.05) is 39.4 Å². The Kier molecular flexibility index (Phi) is 13.5. The molecule has 4 N–H and O–H groups in total. The van der Waals surface area contributed by atoms with Gasteiger partial charge < -0.3 is 40.2 Å². The number of rotatable bonds is 12. The van der Waals surface area contributed by atoms with E-state index in [0.29, 0.717) is 36.5 Å². The fraction of sp³-hybridized carbons (Fsp3) is 0.895. The quantitative estimate of drug-likeness (QED) is 0.260. The highest BCUT2D eigenvalue weighted by Crippen LogP contribution is 2.13. The molecule has 0 bridgehead atoms. The molecule has 2 fully saturated rings. The molecule has 8 nitrogen and oxygen atoms in total. The summed E-state index contributed by atoms with van der Waals surface area (Å²) in [6.45, 7) is 5.67. The lowest BCUT2D eigenvalue weighted by molar-refractivity contribution is -0.161. The maximum atomic E-state index is 5.66. The lowest BCUT2D eigenvalue weighted by atomic mass is 10.2. The highest BCUT2D eigenvalue weighted by Gasteiger charge is 2.14. The first kappa shape index (κ1) is 24.5. The standard InChI is InChI=1S/C19H36N4O4S2/c28-18(22-10-14-26-16-6-1-3-12-24-16)20-8-5-9-21-19(29)23-11-15-27-17-7-2-4-13-25-17/h16-17H,1-15H2,(H2,20,22,28)(H2,21,23,29). The zero-order chi connectivity index (χ0) is 20.6. The Morgan fingerprint density at radius 3 is 1.55 bits per heavy atom. The lowest BCUT2D eigenvalue weighted by Crippen LogP contribution is -2.41. The Morgan fingerprint density at radius 1 is 0.690 bits per heavy atom. The van der Waals surface area contributed by atoms with Crippen LogP contribution in [0.1, 0.15) is 44.9 Å². The molecular formula is C19H36N4O4S2. The minimum Gasteiger partial charge on any atom is -0.363 e. The van der Waals surface area contributed by atoms with Crippen LogP contribution in [-0.2, 0) is 18.9 Å². The van der Waals surface area contributed by atoms with Gasteiger partial charge in [0.2, 0.25) is 0 Å². The second kappa shape index (κ2) is 16.0. The first-order valence-corrected chi connectivity index (χ1v) is 11.6. The second-order valence-corrected chi connectivity index (χ2v) is 7.87. The first-order chi connectivity index (χ1) is 14.2. The zero-order valence-electron chi connectivity index (χ0n) is 17.2. The molecule has 2 aliphatic rings. The third-order valence-electron chi connectivity index (χ3n) is 4.58. The van der Waals surface area contributed by atoms with Gasteiger partial charge in [-0.3, -0.25) is 0 Å². The van der Waals surface area contributed by atoms with Gasteiger partial charge in [0.05, 0.1) is 13.2 Å². The molecule has 168 valence electrons. The zero-order valence-corrected chi connectivity index (χ0v) is 18.8. The molecule has 10 heteroatoms. The summed E-state index contributed by atoms with van der Waals surface area (Å²) in [6.07, 6.45) is 7.37. The van der Waals surface area contributed by atoms with Gasteiger partial charge in [-0.2, -0.15) is 0 Å². The number of nitrogens with one attached hydrogen (secondary N) is 4. The van der Waals surface area contributed by atoms with Crippen LogP contribution in [-0.4, -0.2) is 75.4 Å². The van der Waals surface area contributed by atoms with Gasteiger partial charge in [-0.15, -0.1) is 0 Å². The van der Waals surface area contributed by atoms with E-state index in [1.807, 2.05) is 0 Å². The molecule has 2 aliphatic heterocycles. The van der Waals surface area contributed by atoms with Crippen molar-refractivity contribution >= 4 is 34.7 Å². The van der Waals surface area contributed by atoms with E-state index < -0.39 is 0 Å². The average Bonchev–Trinajstić information content (AvgIpc) is 2.75. The van der Waals surface area contributed by atoms with Gasteiger partial charge in [0.25, 0.3) is 0 Å². The van der Waals surface area contributed by atoms with Crippen molar-refractivity contribution in [1.29, 1.82) is 0 Å². The Balaban J connectivity index is 1.33. The molecule has 2 saturated heterocycles. The van der Waals surface area contributed by atoms with Crippen molar-refractivity contribution in [2.45, 2.75) is 57.5 Å². The molecule has 2 atom stereocenters. The summed E-state index contributed by atoms with van der Waals surface area (Å²) in [5, 5.41) is 13.9. The summed E-state index contributed by atoms with van der Waals surface area (Å²) in [7, 11) is 0. The van der Waals surface area contributed by atoms with E-state index in [4.69, 9.17) is 43.4 Å². The maximum Gasteiger partial charge on any atom is 0.166 e. The van der Waals surface area contributed by atoms with Gasteiger partial charge >= 0.3 is 0 Å². The molecule has 29 heavy (non-hydrogen) atoms. The minimum absolute atomic E-state index is 0.0530. The Hall–Kier alpha value is -0.780. The van der Waals surface area contributed by atoms with Crippen molar-refractivity contribution in [3.05, 3.63) is 0 Å². The van der Waals surface area contributed by atoms with Crippen molar-refractivity contribution in [2.24, 2.45) is 0 Å². The fourth-order valence-corrected chi connectivity index (χ4v) is 3.42. The van der Waals surface area contributed by atoms with E-state index in [1.54, 1.807) is 0 Å². The van der Waals surface area contributed by atoms with Crippen molar-refractivity contribution in [2.75, 3.05) is 52.6 Å². The molecular weight excluding hydrogens is 412 g/mol. The summed E-state index contributed by atoms with van der Waals surface area (Å²) < 4.78 is 22.4. The molecule has 2 heterocycles. The van der Waals surface area contributed by atoms with Crippen molar-refractivity contribution < 1.29 is 18.9 Å². The summed E-state index contributed by atoms with van der Waals surface area (Å²) in [4.78, 5) is 0. The van der Waals surface area contributed by atoms with Crippen molar-refractivity contribution in [3.8, 4) is 0 Å². The van der Waals surface area contributed by atoms with E-state index in [9.17, 15) is 0 Å². The van der Waals surface area contributed by atoms with Crippen molar-refractivity contribution in [1.82, 2.24) is 21.3 Å². The SMILES string of the molecule is S=C(NCCCNC(=S)NCCOC1CCCCO1)NCCOC1CCCCO1. The molecule has 0 radical (unpaired) electrons. The Morgan fingerprint density at radius 2 is 1.14 bits per heavy atom. The van der Waals surface area contributed by atoms with Crippen LogP contribution < -0.4 is 21.3 Å². The summed E-state index contributed by atoms with van der Waals surface area (Å²) in [5.41, 5.74) is 0. The van der Waals surface area contributed by atoms with E-state index in [0.717, 1.165) is 58.4 Å². The molecule has 2 rings (SSSR count). The van der Waals surface area contributed by atoms with Crippen LogP contribution in [0.5, 0.6) is 0 Å². The Labute approximate surface area is 185 Å². The molecule has 0 aromatic heterocycles. The van der Waals surface area contributed by atoms with E-state index in [2.05, 4.69) is 21.3 Å². The third-order valence-corrected chi connectivity index (χ3v) is 5.16. The van der Waals surface area contributed by atoms with Gasteiger partial charge in [0.1, 0.15) is 0 Å². The molecule has 0 spiro atoms. The third kappa shape index (κ3) is 12.5. The van der Waals surface area contributed by atoms with Gasteiger partial charge in [0.15, 0.2) is 22.8 Å². The number of thiocarbonyl (C=S) groups is 2. The van der Waals surface area contributed by atoms with E-state index in [1.165, 1.54) is 12.8 Å². The highest BCUT2D eigenvalue weighted by atomic mass is 32.1. The molecule has 0 aliphatic carbocycles. The minimum atomic E-state index is -0.0530. The van der Waals surface area contributed by atoms with Crippen LogP contribution >= 0.6 is 24.4 Å². The molecule has 0 amide bonds. The maximum absolute atomic E-state index is 5.66. The highest BCUT2D eigenvalue weighted by molar-refractivity contribution is 7.80. The molecule has 0 aromatic rings. The number of hydrogen-bond acceptors (Lipinski definition) is 6. The predicted molar refractivity (Wildman–Crippen MR) is 121 cm³/mol. The lowest BCUT2D eigenvalue weighted by Gasteiger charge is -2.23. The van der Waals surface area contributed by atoms with E-state index >= 15 is 0 Å². The normalized spacial score (nSPS) is 21.9. The van der Waals surface area contributed by atoms with Crippen LogP contribution in [0, 0.1) is 0 Å². The predicted octanol–water partition coefficient (Wildman–Crippen LogP) is 1.39. The summed E-state index contributed by atoms with van der Waals surface area (Å²) in [5.74, 6) is 0. The van der Waals surface area contributed by atoms with Gasteiger partial charge in [-0.05, 0) is 69.4 Å². The monoisotopic (exact) mass is 448 g/mol. The van der Waals surface area contributed by atoms with Crippen LogP contribution in [0.4, 0.5) is 0 Å².